The average molecular weight is 1160 g/mol. The topological polar surface area (TPSA) is 221 Å². The second-order valence-electron chi connectivity index (χ2n) is 22.7. The van der Waals surface area contributed by atoms with Crippen molar-refractivity contribution >= 4 is 57.6 Å². The number of carbonyl (C=O) groups is 6. The molecule has 2 N–H and O–H groups in total. The molecule has 0 saturated heterocycles. The average Bonchev–Trinajstić information content (AvgIpc) is 1.32. The molecule has 0 saturated carbocycles. The molecule has 2 atom stereocenters. The number of carbonyl (C=O) groups excluding carboxylic acids is 6. The van der Waals surface area contributed by atoms with E-state index in [1.807, 2.05) is 74.5 Å². The number of unbranched alkanes of at least 4 members (excludes halogenated alkanes) is 1. The van der Waals surface area contributed by atoms with E-state index in [-0.39, 0.29) is 47.7 Å². The second kappa shape index (κ2) is 25.9. The summed E-state index contributed by atoms with van der Waals surface area (Å²) in [6.45, 7) is 15.0. The maximum atomic E-state index is 14.2. The van der Waals surface area contributed by atoms with Crippen LogP contribution in [0.2, 0.25) is 0 Å². The van der Waals surface area contributed by atoms with Gasteiger partial charge < -0.3 is 20.1 Å². The van der Waals surface area contributed by atoms with Crippen molar-refractivity contribution in [2.75, 3.05) is 13.1 Å². The van der Waals surface area contributed by atoms with E-state index in [9.17, 15) is 38.4 Å². The van der Waals surface area contributed by atoms with Crippen LogP contribution in [0.3, 0.4) is 0 Å². The number of fused-ring (bicyclic) bond motifs is 4. The van der Waals surface area contributed by atoms with E-state index in [1.165, 1.54) is 14.4 Å². The van der Waals surface area contributed by atoms with E-state index in [0.29, 0.717) is 111 Å². The molecule has 4 heterocycles. The molecule has 0 bridgehead atoms. The molecule has 0 radical (unpaired) electrons. The molecule has 18 heteroatoms. The van der Waals surface area contributed by atoms with Crippen molar-refractivity contribution in [2.45, 2.75) is 117 Å². The van der Waals surface area contributed by atoms with Gasteiger partial charge in [0.25, 0.3) is 34.7 Å². The maximum absolute atomic E-state index is 14.2. The molecule has 86 heavy (non-hydrogen) atoms. The fourth-order valence-corrected chi connectivity index (χ4v) is 10.4. The summed E-state index contributed by atoms with van der Waals surface area (Å²) in [6, 6.07) is 41.6. The van der Waals surface area contributed by atoms with Crippen LogP contribution < -0.4 is 21.8 Å². The Balaban J connectivity index is 0.000000205. The quantitative estimate of drug-likeness (QED) is 0.0556. The summed E-state index contributed by atoms with van der Waals surface area (Å²) in [4.78, 5) is 117. The van der Waals surface area contributed by atoms with Crippen LogP contribution in [0.1, 0.15) is 164 Å². The lowest BCUT2D eigenvalue weighted by atomic mass is 10.0. The second-order valence-corrected chi connectivity index (χ2v) is 22.7. The smallest absolute Gasteiger partial charge is 0.408 e. The number of para-hydroxylation sites is 2. The maximum Gasteiger partial charge on any atom is 0.408 e. The molecule has 0 spiro atoms. The Morgan fingerprint density at radius 3 is 1.35 bits per heavy atom. The third-order valence-electron chi connectivity index (χ3n) is 14.3. The fraction of sp³-hybridized carbons (Fsp3) is 0.294. The number of nitrogens with zero attached hydrogens (tertiary/aromatic N) is 6. The summed E-state index contributed by atoms with van der Waals surface area (Å²) >= 11 is 0. The van der Waals surface area contributed by atoms with Crippen LogP contribution in [0, 0.1) is 11.8 Å². The van der Waals surface area contributed by atoms with Crippen LogP contribution >= 0.6 is 0 Å². The largest absolute Gasteiger partial charge is 0.444 e. The minimum atomic E-state index is -0.689. The summed E-state index contributed by atoms with van der Waals surface area (Å²) in [7, 11) is 0. The normalized spacial score (nSPS) is 13.5. The molecular formula is C68H68N8O10. The van der Waals surface area contributed by atoms with Crippen molar-refractivity contribution < 1.29 is 38.2 Å². The van der Waals surface area contributed by atoms with Crippen molar-refractivity contribution in [3.05, 3.63) is 211 Å². The van der Waals surface area contributed by atoms with Crippen molar-refractivity contribution in [1.29, 1.82) is 0 Å². The number of rotatable bonds is 15. The molecule has 6 aromatic carbocycles. The van der Waals surface area contributed by atoms with E-state index >= 15 is 0 Å². The summed E-state index contributed by atoms with van der Waals surface area (Å²) in [5.41, 5.74) is 3.25. The lowest BCUT2D eigenvalue weighted by Crippen LogP contribution is -2.37. The van der Waals surface area contributed by atoms with Gasteiger partial charge in [-0.2, -0.15) is 0 Å². The van der Waals surface area contributed by atoms with Gasteiger partial charge in [-0.3, -0.25) is 47.7 Å². The third kappa shape index (κ3) is 13.3. The van der Waals surface area contributed by atoms with E-state index in [1.54, 1.807) is 131 Å². The van der Waals surface area contributed by atoms with Crippen molar-refractivity contribution in [2.24, 2.45) is 0 Å². The van der Waals surface area contributed by atoms with Gasteiger partial charge in [0.15, 0.2) is 0 Å². The molecule has 10 rings (SSSR count). The first-order valence-corrected chi connectivity index (χ1v) is 28.8. The van der Waals surface area contributed by atoms with Crippen LogP contribution in [0.5, 0.6) is 0 Å². The lowest BCUT2D eigenvalue weighted by Gasteiger charge is -2.25. The zero-order chi connectivity index (χ0) is 61.5. The number of amides is 6. The number of imide groups is 2. The Bertz CT molecular complexity index is 4040. The monoisotopic (exact) mass is 1160 g/mol. The van der Waals surface area contributed by atoms with Gasteiger partial charge >= 0.3 is 12.2 Å². The Morgan fingerprint density at radius 1 is 0.500 bits per heavy atom. The number of hydrogen-bond acceptors (Lipinski definition) is 12. The number of nitrogens with one attached hydrogen (secondary N) is 2. The first-order valence-electron chi connectivity index (χ1n) is 28.8. The summed E-state index contributed by atoms with van der Waals surface area (Å²) in [5, 5.41) is 6.59. The van der Waals surface area contributed by atoms with E-state index < -0.39 is 35.5 Å². The number of alkyl carbamates (subject to hydrolysis) is 2. The Labute approximate surface area is 498 Å². The minimum absolute atomic E-state index is 0.134. The number of hydrogen-bond donors (Lipinski definition) is 2. The third-order valence-corrected chi connectivity index (χ3v) is 14.3. The summed E-state index contributed by atoms with van der Waals surface area (Å²) in [6.07, 6.45) is 1.82. The molecule has 2 aromatic heterocycles. The van der Waals surface area contributed by atoms with Crippen LogP contribution in [0.4, 0.5) is 9.59 Å². The highest BCUT2D eigenvalue weighted by Gasteiger charge is 2.36. The van der Waals surface area contributed by atoms with Crippen LogP contribution in [0.25, 0.3) is 33.2 Å². The Morgan fingerprint density at radius 2 is 0.907 bits per heavy atom. The SMILES string of the molecule is CC[C@H](NC(=O)OC(C)(C)C)c1nc2cccc(C#CCCN3C(=O)c4ccccc4C3=O)c2c(=O)n1-c1ccccc1.CC[C@H](NC(=O)OC(C)(C)C)c1nc2cccc(CCCCN3C(=O)c4ccccc4C3=O)c2c(=O)n1-c1ccccc1. The van der Waals surface area contributed by atoms with Crippen LogP contribution in [-0.4, -0.2) is 89.0 Å². The van der Waals surface area contributed by atoms with Gasteiger partial charge in [-0.05, 0) is 146 Å². The highest BCUT2D eigenvalue weighted by atomic mass is 16.6. The van der Waals surface area contributed by atoms with Crippen molar-refractivity contribution in [3.63, 3.8) is 0 Å². The highest BCUT2D eigenvalue weighted by molar-refractivity contribution is 6.22. The molecule has 0 aliphatic carbocycles. The van der Waals surface area contributed by atoms with Gasteiger partial charge in [0.1, 0.15) is 22.9 Å². The molecule has 8 aromatic rings. The fourth-order valence-electron chi connectivity index (χ4n) is 10.4. The van der Waals surface area contributed by atoms with Crippen LogP contribution in [0.15, 0.2) is 155 Å². The number of aromatic nitrogens is 4. The predicted molar refractivity (Wildman–Crippen MR) is 328 cm³/mol. The van der Waals surface area contributed by atoms with Crippen molar-refractivity contribution in [3.8, 4) is 23.2 Å². The lowest BCUT2D eigenvalue weighted by molar-refractivity contribution is 0.0487. The van der Waals surface area contributed by atoms with Gasteiger partial charge in [-0.25, -0.2) is 19.6 Å². The molecule has 6 amide bonds. The minimum Gasteiger partial charge on any atom is -0.444 e. The Kier molecular flexibility index (Phi) is 18.2. The van der Waals surface area contributed by atoms with Crippen molar-refractivity contribution in [1.82, 2.24) is 39.5 Å². The number of benzene rings is 6. The highest BCUT2D eigenvalue weighted by Crippen LogP contribution is 2.28. The van der Waals surface area contributed by atoms with Gasteiger partial charge in [0.2, 0.25) is 0 Å². The number of ether oxygens (including phenoxy) is 2. The van der Waals surface area contributed by atoms with Gasteiger partial charge in [-0.1, -0.05) is 105 Å². The van der Waals surface area contributed by atoms with Gasteiger partial charge in [-0.15, -0.1) is 0 Å². The van der Waals surface area contributed by atoms with E-state index in [2.05, 4.69) is 22.5 Å². The molecule has 440 valence electrons. The number of aryl methyl sites for hydroxylation is 1. The van der Waals surface area contributed by atoms with Gasteiger partial charge in [0.05, 0.1) is 67.5 Å². The zero-order valence-electron chi connectivity index (χ0n) is 49.4. The molecule has 2 aliphatic rings. The molecule has 18 nitrogen and oxygen atoms in total. The Hall–Kier alpha value is -10.0. The van der Waals surface area contributed by atoms with E-state index in [0.717, 1.165) is 5.56 Å². The summed E-state index contributed by atoms with van der Waals surface area (Å²) < 4.78 is 14.0. The molecule has 2 aliphatic heterocycles. The first-order chi connectivity index (χ1) is 41.2. The zero-order valence-corrected chi connectivity index (χ0v) is 49.4. The predicted octanol–water partition coefficient (Wildman–Crippen LogP) is 11.4. The first kappa shape index (κ1) is 60.6. The standard InChI is InChI=1S/C34H36N4O5.C34H32N4O5/c2*1-5-26(36-33(42)43-34(2,3)4)29-35-27-20-13-15-22(28(27)32(41)38(29)23-16-7-6-8-17-23)14-11-12-21-37-30(39)24-18-9-10-19-25(24)31(37)40/h6-10,13,15-20,26H,5,11-12,14,21H2,1-4H3,(H,36,42);6-10,13,15-20,26H,5,12,21H2,1-4H3,(H,36,42)/t2*26-/m00/s1. The summed E-state index contributed by atoms with van der Waals surface area (Å²) in [5.74, 6) is 5.68. The molecular weight excluding hydrogens is 1090 g/mol. The van der Waals surface area contributed by atoms with Crippen LogP contribution in [-0.2, 0) is 15.9 Å². The van der Waals surface area contributed by atoms with Gasteiger partial charge in [0, 0.05) is 25.1 Å². The van der Waals surface area contributed by atoms with E-state index in [4.69, 9.17) is 19.4 Å². The molecule has 0 fully saturated rings. The molecule has 0 unspecified atom stereocenters.